The molecule has 1 aromatic carbocycles. The van der Waals surface area contributed by atoms with Gasteiger partial charge in [-0.05, 0) is 44.4 Å². The Balaban J connectivity index is 2.34. The van der Waals surface area contributed by atoms with E-state index in [-0.39, 0.29) is 24.6 Å². The summed E-state index contributed by atoms with van der Waals surface area (Å²) in [7, 11) is 1.48. The van der Waals surface area contributed by atoms with Gasteiger partial charge in [0.15, 0.2) is 13.2 Å². The molecule has 0 aliphatic heterocycles. The third kappa shape index (κ3) is 9.08. The molecular formula is C20H30N2O5. The second-order valence-corrected chi connectivity index (χ2v) is 7.72. The predicted molar refractivity (Wildman–Crippen MR) is 103 cm³/mol. The van der Waals surface area contributed by atoms with Crippen molar-refractivity contribution in [3.05, 3.63) is 29.8 Å². The fraction of sp³-hybridized carbons (Fsp3) is 0.550. The highest BCUT2D eigenvalue weighted by Crippen LogP contribution is 2.18. The first-order chi connectivity index (χ1) is 12.5. The van der Waals surface area contributed by atoms with E-state index in [2.05, 4.69) is 19.2 Å². The smallest absolute Gasteiger partial charge is 0.344 e. The van der Waals surface area contributed by atoms with Crippen LogP contribution in [0.5, 0.6) is 5.75 Å². The van der Waals surface area contributed by atoms with Crippen molar-refractivity contribution in [3.63, 3.8) is 0 Å². The predicted octanol–water partition coefficient (Wildman–Crippen LogP) is 2.11. The van der Waals surface area contributed by atoms with E-state index in [4.69, 9.17) is 9.47 Å². The molecule has 0 aliphatic carbocycles. The van der Waals surface area contributed by atoms with Crippen LogP contribution in [0.4, 0.5) is 0 Å². The summed E-state index contributed by atoms with van der Waals surface area (Å²) in [5.74, 6) is -0.425. The fourth-order valence-corrected chi connectivity index (χ4v) is 2.15. The highest BCUT2D eigenvalue weighted by molar-refractivity contribution is 5.86. The third-order valence-corrected chi connectivity index (χ3v) is 3.58. The van der Waals surface area contributed by atoms with Gasteiger partial charge in [0.1, 0.15) is 5.75 Å². The zero-order valence-electron chi connectivity index (χ0n) is 17.0. The van der Waals surface area contributed by atoms with Crippen LogP contribution in [0.2, 0.25) is 0 Å². The molecule has 0 aliphatic rings. The Kier molecular flexibility index (Phi) is 8.28. The number of likely N-dealkylation sites (N-methyl/N-ethyl adjacent to an activating group) is 1. The number of hydrogen-bond donors (Lipinski definition) is 1. The van der Waals surface area contributed by atoms with Gasteiger partial charge in [0, 0.05) is 12.6 Å². The molecule has 0 saturated heterocycles. The van der Waals surface area contributed by atoms with Gasteiger partial charge < -0.3 is 19.7 Å². The topological polar surface area (TPSA) is 84.9 Å². The van der Waals surface area contributed by atoms with Gasteiger partial charge in [0.2, 0.25) is 5.91 Å². The average Bonchev–Trinajstić information content (AvgIpc) is 2.56. The molecule has 2 amide bonds. The molecule has 0 saturated carbocycles. The standard InChI is InChI=1S/C20H30N2O5/c1-14(2)15-7-9-16(10-8-15)26-13-19(25)27-12-18(24)22(6)11-17(23)21-20(3,4)5/h7-10,14H,11-13H2,1-6H3,(H,21,23). The van der Waals surface area contributed by atoms with Crippen LogP contribution in [-0.2, 0) is 19.1 Å². The molecule has 1 N–H and O–H groups in total. The van der Waals surface area contributed by atoms with Crippen molar-refractivity contribution in [3.8, 4) is 5.75 Å². The molecule has 0 spiro atoms. The monoisotopic (exact) mass is 378 g/mol. The second-order valence-electron chi connectivity index (χ2n) is 7.72. The van der Waals surface area contributed by atoms with Crippen molar-refractivity contribution in [1.82, 2.24) is 10.2 Å². The van der Waals surface area contributed by atoms with Crippen molar-refractivity contribution in [2.45, 2.75) is 46.1 Å². The molecule has 0 heterocycles. The van der Waals surface area contributed by atoms with Crippen molar-refractivity contribution in [2.75, 3.05) is 26.8 Å². The van der Waals surface area contributed by atoms with Crippen LogP contribution >= 0.6 is 0 Å². The maximum Gasteiger partial charge on any atom is 0.344 e. The number of nitrogens with zero attached hydrogens (tertiary/aromatic N) is 1. The summed E-state index contributed by atoms with van der Waals surface area (Å²) in [4.78, 5) is 36.7. The van der Waals surface area contributed by atoms with Crippen molar-refractivity contribution in [1.29, 1.82) is 0 Å². The number of amides is 2. The first-order valence-corrected chi connectivity index (χ1v) is 8.91. The Morgan fingerprint density at radius 2 is 1.67 bits per heavy atom. The Bertz CT molecular complexity index is 647. The van der Waals surface area contributed by atoms with Crippen LogP contribution in [0, 0.1) is 0 Å². The molecule has 7 nitrogen and oxygen atoms in total. The first kappa shape index (κ1) is 22.5. The zero-order valence-corrected chi connectivity index (χ0v) is 17.0. The van der Waals surface area contributed by atoms with Gasteiger partial charge in [0.25, 0.3) is 5.91 Å². The molecule has 27 heavy (non-hydrogen) atoms. The number of benzene rings is 1. The summed E-state index contributed by atoms with van der Waals surface area (Å²) in [6, 6.07) is 7.45. The molecule has 0 bridgehead atoms. The van der Waals surface area contributed by atoms with Gasteiger partial charge in [-0.2, -0.15) is 0 Å². The number of rotatable bonds is 8. The van der Waals surface area contributed by atoms with E-state index in [1.165, 1.54) is 17.5 Å². The van der Waals surface area contributed by atoms with E-state index in [1.807, 2.05) is 32.9 Å². The number of esters is 1. The number of nitrogens with one attached hydrogen (secondary N) is 1. The normalized spacial score (nSPS) is 11.1. The van der Waals surface area contributed by atoms with Crippen molar-refractivity contribution < 1.29 is 23.9 Å². The lowest BCUT2D eigenvalue weighted by Gasteiger charge is -2.23. The highest BCUT2D eigenvalue weighted by atomic mass is 16.6. The van der Waals surface area contributed by atoms with Crippen LogP contribution < -0.4 is 10.1 Å². The molecule has 1 aromatic rings. The van der Waals surface area contributed by atoms with Gasteiger partial charge in [-0.15, -0.1) is 0 Å². The number of carbonyl (C=O) groups excluding carboxylic acids is 3. The summed E-state index contributed by atoms with van der Waals surface area (Å²) in [6.45, 7) is 8.91. The van der Waals surface area contributed by atoms with E-state index in [9.17, 15) is 14.4 Å². The highest BCUT2D eigenvalue weighted by Gasteiger charge is 2.18. The molecule has 1 rings (SSSR count). The summed E-state index contributed by atoms with van der Waals surface area (Å²) in [5.41, 5.74) is 0.798. The Morgan fingerprint density at radius 1 is 1.07 bits per heavy atom. The molecule has 0 aromatic heterocycles. The van der Waals surface area contributed by atoms with Gasteiger partial charge in [-0.25, -0.2) is 4.79 Å². The maximum atomic E-state index is 12.0. The summed E-state index contributed by atoms with van der Waals surface area (Å²) in [6.07, 6.45) is 0. The van der Waals surface area contributed by atoms with E-state index in [1.54, 1.807) is 12.1 Å². The van der Waals surface area contributed by atoms with E-state index >= 15 is 0 Å². The number of ether oxygens (including phenoxy) is 2. The van der Waals surface area contributed by atoms with E-state index in [0.717, 1.165) is 0 Å². The third-order valence-electron chi connectivity index (χ3n) is 3.58. The Morgan fingerprint density at radius 3 is 2.19 bits per heavy atom. The van der Waals surface area contributed by atoms with Crippen LogP contribution in [0.15, 0.2) is 24.3 Å². The molecule has 7 heteroatoms. The molecule has 0 fully saturated rings. The maximum absolute atomic E-state index is 12.0. The molecule has 0 atom stereocenters. The lowest BCUT2D eigenvalue weighted by Crippen LogP contribution is -2.47. The van der Waals surface area contributed by atoms with Crippen LogP contribution in [0.1, 0.15) is 46.1 Å². The van der Waals surface area contributed by atoms with Crippen molar-refractivity contribution >= 4 is 17.8 Å². The lowest BCUT2D eigenvalue weighted by molar-refractivity contribution is -0.153. The summed E-state index contributed by atoms with van der Waals surface area (Å²) in [5, 5.41) is 2.76. The molecule has 150 valence electrons. The first-order valence-electron chi connectivity index (χ1n) is 8.91. The Hall–Kier alpha value is -2.57. The van der Waals surface area contributed by atoms with Gasteiger partial charge in [0.05, 0.1) is 6.54 Å². The minimum Gasteiger partial charge on any atom is -0.482 e. The van der Waals surface area contributed by atoms with Gasteiger partial charge in [-0.3, -0.25) is 9.59 Å². The minimum absolute atomic E-state index is 0.105. The number of hydrogen-bond acceptors (Lipinski definition) is 5. The number of carbonyl (C=O) groups is 3. The SMILES string of the molecule is CC(C)c1ccc(OCC(=O)OCC(=O)N(C)CC(=O)NC(C)(C)C)cc1. The minimum atomic E-state index is -0.649. The lowest BCUT2D eigenvalue weighted by atomic mass is 10.0. The van der Waals surface area contributed by atoms with Gasteiger partial charge >= 0.3 is 5.97 Å². The average molecular weight is 378 g/mol. The quantitative estimate of drug-likeness (QED) is 0.700. The largest absolute Gasteiger partial charge is 0.482 e. The summed E-state index contributed by atoms with van der Waals surface area (Å²) < 4.78 is 10.3. The van der Waals surface area contributed by atoms with Crippen LogP contribution in [0.3, 0.4) is 0 Å². The van der Waals surface area contributed by atoms with E-state index < -0.39 is 18.5 Å². The van der Waals surface area contributed by atoms with Gasteiger partial charge in [-0.1, -0.05) is 26.0 Å². The van der Waals surface area contributed by atoms with Crippen molar-refractivity contribution in [2.24, 2.45) is 0 Å². The molecule has 0 radical (unpaired) electrons. The molecule has 0 unspecified atom stereocenters. The second kappa shape index (κ2) is 9.94. The van der Waals surface area contributed by atoms with Crippen LogP contribution in [-0.4, -0.2) is 55.0 Å². The van der Waals surface area contributed by atoms with Crippen LogP contribution in [0.25, 0.3) is 0 Å². The zero-order chi connectivity index (χ0) is 20.6. The Labute approximate surface area is 161 Å². The summed E-state index contributed by atoms with van der Waals surface area (Å²) >= 11 is 0. The van der Waals surface area contributed by atoms with E-state index in [0.29, 0.717) is 11.7 Å². The molecular weight excluding hydrogens is 348 g/mol. The fourth-order valence-electron chi connectivity index (χ4n) is 2.15.